The van der Waals surface area contributed by atoms with Crippen LogP contribution in [0.15, 0.2) is 12.3 Å². The molecule has 2 atom stereocenters. The van der Waals surface area contributed by atoms with Gasteiger partial charge in [0.15, 0.2) is 0 Å². The molecule has 3 rings (SSSR count). The summed E-state index contributed by atoms with van der Waals surface area (Å²) in [5, 5.41) is 9.31. The predicted molar refractivity (Wildman–Crippen MR) is 54.6 cm³/mol. The van der Waals surface area contributed by atoms with Crippen molar-refractivity contribution >= 4 is 11.8 Å². The number of amides is 2. The van der Waals surface area contributed by atoms with Crippen LogP contribution in [0.2, 0.25) is 0 Å². The van der Waals surface area contributed by atoms with Crippen LogP contribution in [0.1, 0.15) is 23.3 Å². The minimum Gasteiger partial charge on any atom is -0.351 e. The van der Waals surface area contributed by atoms with Gasteiger partial charge >= 0.3 is 0 Å². The lowest BCUT2D eigenvalue weighted by atomic mass is 10.1. The van der Waals surface area contributed by atoms with Crippen LogP contribution in [0.4, 0.5) is 0 Å². The fourth-order valence-electron chi connectivity index (χ4n) is 2.51. The summed E-state index contributed by atoms with van der Waals surface area (Å²) in [5.41, 5.74) is 0.486. The zero-order chi connectivity index (χ0) is 11.1. The molecule has 0 aliphatic carbocycles. The van der Waals surface area contributed by atoms with E-state index in [9.17, 15) is 9.59 Å². The summed E-state index contributed by atoms with van der Waals surface area (Å²) in [7, 11) is 0. The average Bonchev–Trinajstić information content (AvgIpc) is 2.90. The summed E-state index contributed by atoms with van der Waals surface area (Å²) in [4.78, 5) is 25.1. The van der Waals surface area contributed by atoms with Gasteiger partial charge in [0, 0.05) is 19.2 Å². The summed E-state index contributed by atoms with van der Waals surface area (Å²) in [6.07, 6.45) is 2.82. The first-order chi connectivity index (χ1) is 7.75. The van der Waals surface area contributed by atoms with Gasteiger partial charge in [0.2, 0.25) is 5.91 Å². The van der Waals surface area contributed by atoms with Gasteiger partial charge in [0.1, 0.15) is 5.69 Å². The van der Waals surface area contributed by atoms with Crippen molar-refractivity contribution in [2.24, 2.45) is 0 Å². The van der Waals surface area contributed by atoms with Crippen molar-refractivity contribution in [2.45, 2.75) is 24.9 Å². The lowest BCUT2D eigenvalue weighted by Gasteiger charge is -2.21. The van der Waals surface area contributed by atoms with E-state index in [1.807, 2.05) is 0 Å². The Morgan fingerprint density at radius 3 is 3.19 bits per heavy atom. The average molecular weight is 220 g/mol. The first-order valence-electron chi connectivity index (χ1n) is 5.35. The Labute approximate surface area is 92.0 Å². The molecule has 2 aliphatic rings. The highest BCUT2D eigenvalue weighted by atomic mass is 16.2. The van der Waals surface area contributed by atoms with Crippen molar-refractivity contribution in [1.29, 1.82) is 0 Å². The number of carbonyl (C=O) groups excluding carboxylic acids is 2. The molecule has 2 amide bonds. The topological polar surface area (TPSA) is 78.1 Å². The van der Waals surface area contributed by atoms with Crippen LogP contribution < -0.4 is 5.32 Å². The maximum Gasteiger partial charge on any atom is 0.272 e. The minimum atomic E-state index is -0.0681. The molecular formula is C10H12N4O2. The predicted octanol–water partition coefficient (Wildman–Crippen LogP) is -0.487. The highest BCUT2D eigenvalue weighted by molar-refractivity contribution is 5.93. The van der Waals surface area contributed by atoms with Crippen LogP contribution in [-0.2, 0) is 4.79 Å². The molecule has 2 aliphatic heterocycles. The van der Waals surface area contributed by atoms with Gasteiger partial charge in [0.25, 0.3) is 5.91 Å². The van der Waals surface area contributed by atoms with Crippen LogP contribution in [0, 0.1) is 0 Å². The number of aromatic amines is 1. The highest BCUT2D eigenvalue weighted by Gasteiger charge is 2.43. The van der Waals surface area contributed by atoms with E-state index >= 15 is 0 Å². The summed E-state index contributed by atoms with van der Waals surface area (Å²) < 4.78 is 0. The second-order valence-corrected chi connectivity index (χ2v) is 4.20. The maximum atomic E-state index is 12.1. The normalized spacial score (nSPS) is 28.0. The van der Waals surface area contributed by atoms with Crippen LogP contribution in [-0.4, -0.2) is 45.5 Å². The molecule has 0 spiro atoms. The molecule has 84 valence electrons. The quantitative estimate of drug-likeness (QED) is 0.670. The molecule has 6 nitrogen and oxygen atoms in total. The Morgan fingerprint density at radius 2 is 2.44 bits per heavy atom. The first kappa shape index (κ1) is 9.38. The van der Waals surface area contributed by atoms with Crippen LogP contribution in [0.3, 0.4) is 0 Å². The van der Waals surface area contributed by atoms with Crippen molar-refractivity contribution in [3.05, 3.63) is 18.0 Å². The molecule has 1 aromatic rings. The largest absolute Gasteiger partial charge is 0.351 e. The van der Waals surface area contributed by atoms with E-state index in [1.165, 1.54) is 0 Å². The summed E-state index contributed by atoms with van der Waals surface area (Å²) in [6.45, 7) is 0.702. The number of nitrogens with one attached hydrogen (secondary N) is 2. The van der Waals surface area contributed by atoms with Gasteiger partial charge in [-0.25, -0.2) is 0 Å². The minimum absolute atomic E-state index is 0.0169. The zero-order valence-electron chi connectivity index (χ0n) is 8.64. The fourth-order valence-corrected chi connectivity index (χ4v) is 2.51. The van der Waals surface area contributed by atoms with Gasteiger partial charge < -0.3 is 10.2 Å². The van der Waals surface area contributed by atoms with Crippen molar-refractivity contribution in [1.82, 2.24) is 20.4 Å². The highest BCUT2D eigenvalue weighted by Crippen LogP contribution is 2.26. The van der Waals surface area contributed by atoms with Crippen LogP contribution in [0.5, 0.6) is 0 Å². The Kier molecular flexibility index (Phi) is 1.95. The van der Waals surface area contributed by atoms with E-state index in [4.69, 9.17) is 0 Å². The monoisotopic (exact) mass is 220 g/mol. The SMILES string of the molecule is O=C1C[C@@H]2[C@H](CCN2C(=O)c2ccn[nH]2)N1. The Balaban J connectivity index is 1.81. The maximum absolute atomic E-state index is 12.1. The first-order valence-corrected chi connectivity index (χ1v) is 5.35. The standard InChI is InChI=1S/C10H12N4O2/c15-9-5-8-6(12-9)2-4-14(8)10(16)7-1-3-11-13-7/h1,3,6,8H,2,4-5H2,(H,11,13)(H,12,15)/t6-,8+/m0/s1. The second kappa shape index (κ2) is 3.33. The molecule has 0 unspecified atom stereocenters. The lowest BCUT2D eigenvalue weighted by molar-refractivity contribution is -0.119. The molecule has 16 heavy (non-hydrogen) atoms. The van der Waals surface area contributed by atoms with E-state index in [0.29, 0.717) is 18.7 Å². The van der Waals surface area contributed by atoms with Crippen LogP contribution >= 0.6 is 0 Å². The van der Waals surface area contributed by atoms with Crippen molar-refractivity contribution in [2.75, 3.05) is 6.54 Å². The molecule has 2 saturated heterocycles. The summed E-state index contributed by atoms with van der Waals surface area (Å²) in [5.74, 6) is -0.0291. The van der Waals surface area contributed by atoms with E-state index in [1.54, 1.807) is 17.2 Å². The summed E-state index contributed by atoms with van der Waals surface area (Å²) in [6, 6.07) is 1.81. The van der Waals surface area contributed by atoms with Crippen molar-refractivity contribution in [3.63, 3.8) is 0 Å². The van der Waals surface area contributed by atoms with Gasteiger partial charge in [0.05, 0.1) is 12.1 Å². The van der Waals surface area contributed by atoms with E-state index < -0.39 is 0 Å². The number of nitrogens with zero attached hydrogens (tertiary/aromatic N) is 2. The molecule has 0 aromatic carbocycles. The molecule has 2 fully saturated rings. The number of fused-ring (bicyclic) bond motifs is 1. The molecular weight excluding hydrogens is 208 g/mol. The molecule has 0 saturated carbocycles. The Bertz CT molecular complexity index is 428. The van der Waals surface area contributed by atoms with Crippen molar-refractivity contribution < 1.29 is 9.59 Å². The van der Waals surface area contributed by atoms with Gasteiger partial charge in [-0.3, -0.25) is 14.7 Å². The smallest absolute Gasteiger partial charge is 0.272 e. The van der Waals surface area contributed by atoms with E-state index in [0.717, 1.165) is 6.42 Å². The van der Waals surface area contributed by atoms with Gasteiger partial charge in [-0.1, -0.05) is 0 Å². The molecule has 1 aromatic heterocycles. The Hall–Kier alpha value is -1.85. The zero-order valence-corrected chi connectivity index (χ0v) is 8.64. The number of aromatic nitrogens is 2. The second-order valence-electron chi connectivity index (χ2n) is 4.20. The third-order valence-electron chi connectivity index (χ3n) is 3.28. The number of likely N-dealkylation sites (tertiary alicyclic amines) is 1. The lowest BCUT2D eigenvalue weighted by Crippen LogP contribution is -2.38. The third kappa shape index (κ3) is 1.30. The Morgan fingerprint density at radius 1 is 1.56 bits per heavy atom. The van der Waals surface area contributed by atoms with E-state index in [-0.39, 0.29) is 23.9 Å². The molecule has 0 bridgehead atoms. The number of H-pyrrole nitrogens is 1. The molecule has 0 radical (unpaired) electrons. The molecule has 6 heteroatoms. The number of rotatable bonds is 1. The fraction of sp³-hybridized carbons (Fsp3) is 0.500. The van der Waals surface area contributed by atoms with Gasteiger partial charge in [-0.05, 0) is 12.5 Å². The third-order valence-corrected chi connectivity index (χ3v) is 3.28. The molecule has 2 N–H and O–H groups in total. The number of carbonyl (C=O) groups is 2. The number of hydrogen-bond donors (Lipinski definition) is 2. The van der Waals surface area contributed by atoms with E-state index in [2.05, 4.69) is 15.5 Å². The van der Waals surface area contributed by atoms with Gasteiger partial charge in [-0.2, -0.15) is 5.10 Å². The number of hydrogen-bond acceptors (Lipinski definition) is 3. The van der Waals surface area contributed by atoms with Gasteiger partial charge in [-0.15, -0.1) is 0 Å². The van der Waals surface area contributed by atoms with Crippen LogP contribution in [0.25, 0.3) is 0 Å². The summed E-state index contributed by atoms with van der Waals surface area (Å²) >= 11 is 0. The van der Waals surface area contributed by atoms with Crippen molar-refractivity contribution in [3.8, 4) is 0 Å². The molecule has 3 heterocycles.